The minimum Gasteiger partial charge on any atom is -0.461 e. The van der Waals surface area contributed by atoms with Crippen LogP contribution in [0.5, 0.6) is 0 Å². The van der Waals surface area contributed by atoms with E-state index in [0.29, 0.717) is 0 Å². The molecule has 0 saturated heterocycles. The number of furan rings is 1. The van der Waals surface area contributed by atoms with Gasteiger partial charge >= 0.3 is 0 Å². The second kappa shape index (κ2) is 3.93. The van der Waals surface area contributed by atoms with Gasteiger partial charge in [-0.25, -0.2) is 0 Å². The molecule has 0 atom stereocenters. The van der Waals surface area contributed by atoms with Crippen LogP contribution in [0.15, 0.2) is 34.3 Å². The molecule has 2 aromatic rings. The van der Waals surface area contributed by atoms with E-state index in [1.807, 2.05) is 19.1 Å². The summed E-state index contributed by atoms with van der Waals surface area (Å²) in [4.78, 5) is 0. The Morgan fingerprint density at radius 3 is 2.80 bits per heavy atom. The number of para-hydroxylation sites is 1. The van der Waals surface area contributed by atoms with E-state index in [-0.39, 0.29) is 0 Å². The number of fused-ring (bicyclic) bond motifs is 1. The van der Waals surface area contributed by atoms with Crippen LogP contribution in [0.25, 0.3) is 17.0 Å². The summed E-state index contributed by atoms with van der Waals surface area (Å²) >= 11 is 0. The van der Waals surface area contributed by atoms with Crippen LogP contribution in [0.2, 0.25) is 0 Å². The van der Waals surface area contributed by atoms with E-state index in [9.17, 15) is 0 Å². The number of aryl methyl sites for hydroxylation is 1. The molecule has 1 heteroatoms. The van der Waals surface area contributed by atoms with Crippen LogP contribution < -0.4 is 0 Å². The first kappa shape index (κ1) is 10.0. The lowest BCUT2D eigenvalue weighted by atomic mass is 10.1. The molecule has 0 aliphatic rings. The van der Waals surface area contributed by atoms with Crippen molar-refractivity contribution in [3.63, 3.8) is 0 Å². The Kier molecular flexibility index (Phi) is 2.63. The van der Waals surface area contributed by atoms with E-state index in [4.69, 9.17) is 4.42 Å². The molecule has 15 heavy (non-hydrogen) atoms. The zero-order valence-corrected chi connectivity index (χ0v) is 9.50. The van der Waals surface area contributed by atoms with Gasteiger partial charge in [0.25, 0.3) is 0 Å². The summed E-state index contributed by atoms with van der Waals surface area (Å²) in [5.41, 5.74) is 3.58. The first-order valence-corrected chi connectivity index (χ1v) is 5.37. The van der Waals surface area contributed by atoms with E-state index < -0.39 is 0 Å². The van der Waals surface area contributed by atoms with Gasteiger partial charge in [0.05, 0.1) is 0 Å². The molecule has 0 spiro atoms. The third-order valence-electron chi connectivity index (χ3n) is 2.77. The lowest BCUT2D eigenvalue weighted by Gasteiger charge is -1.95. The highest BCUT2D eigenvalue weighted by Crippen LogP contribution is 2.27. The monoisotopic (exact) mass is 200 g/mol. The van der Waals surface area contributed by atoms with Crippen molar-refractivity contribution in [1.82, 2.24) is 0 Å². The van der Waals surface area contributed by atoms with Crippen LogP contribution in [0.3, 0.4) is 0 Å². The number of rotatable bonds is 2. The van der Waals surface area contributed by atoms with Gasteiger partial charge < -0.3 is 4.42 Å². The predicted molar refractivity (Wildman–Crippen MR) is 64.9 cm³/mol. The van der Waals surface area contributed by atoms with Gasteiger partial charge in [0, 0.05) is 10.9 Å². The Morgan fingerprint density at radius 1 is 1.33 bits per heavy atom. The average molecular weight is 200 g/mol. The Morgan fingerprint density at radius 2 is 2.07 bits per heavy atom. The third kappa shape index (κ3) is 1.82. The van der Waals surface area contributed by atoms with E-state index >= 15 is 0 Å². The van der Waals surface area contributed by atoms with Crippen molar-refractivity contribution in [2.45, 2.75) is 27.2 Å². The SMILES string of the molecule is CC/C(C)=C\c1c(C)oc2ccccc12. The largest absolute Gasteiger partial charge is 0.461 e. The van der Waals surface area contributed by atoms with Gasteiger partial charge in [0.2, 0.25) is 0 Å². The van der Waals surface area contributed by atoms with Crippen molar-refractivity contribution in [2.24, 2.45) is 0 Å². The molecule has 0 aliphatic heterocycles. The van der Waals surface area contributed by atoms with Crippen LogP contribution in [0.4, 0.5) is 0 Å². The minimum atomic E-state index is 0.977. The van der Waals surface area contributed by atoms with E-state index in [1.165, 1.54) is 16.5 Å². The highest BCUT2D eigenvalue weighted by Gasteiger charge is 2.07. The number of allylic oxidation sites excluding steroid dienone is 1. The molecule has 0 radical (unpaired) electrons. The molecular formula is C14H16O. The maximum atomic E-state index is 5.70. The Balaban J connectivity index is 2.64. The van der Waals surface area contributed by atoms with Crippen LogP contribution in [-0.2, 0) is 0 Å². The second-order valence-corrected chi connectivity index (χ2v) is 3.91. The van der Waals surface area contributed by atoms with Gasteiger partial charge in [0.1, 0.15) is 11.3 Å². The fourth-order valence-corrected chi connectivity index (χ4v) is 1.72. The molecule has 78 valence electrons. The lowest BCUT2D eigenvalue weighted by molar-refractivity contribution is 0.577. The molecule has 1 aromatic heterocycles. The molecule has 0 fully saturated rings. The molecule has 1 nitrogen and oxygen atoms in total. The number of hydrogen-bond donors (Lipinski definition) is 0. The van der Waals surface area contributed by atoms with Crippen LogP contribution >= 0.6 is 0 Å². The van der Waals surface area contributed by atoms with Gasteiger partial charge in [-0.15, -0.1) is 0 Å². The molecule has 2 rings (SSSR count). The quantitative estimate of drug-likeness (QED) is 0.693. The maximum absolute atomic E-state index is 5.70. The summed E-state index contributed by atoms with van der Waals surface area (Å²) in [6.07, 6.45) is 3.31. The zero-order valence-electron chi connectivity index (χ0n) is 9.50. The molecule has 1 heterocycles. The van der Waals surface area contributed by atoms with Gasteiger partial charge in [-0.05, 0) is 26.3 Å². The molecule has 0 bridgehead atoms. The topological polar surface area (TPSA) is 13.1 Å². The summed E-state index contributed by atoms with van der Waals surface area (Å²) < 4.78 is 5.70. The lowest BCUT2D eigenvalue weighted by Crippen LogP contribution is -1.76. The van der Waals surface area contributed by atoms with E-state index in [1.54, 1.807) is 0 Å². The molecule has 0 N–H and O–H groups in total. The van der Waals surface area contributed by atoms with Gasteiger partial charge in [-0.2, -0.15) is 0 Å². The summed E-state index contributed by atoms with van der Waals surface area (Å²) in [6, 6.07) is 8.18. The van der Waals surface area contributed by atoms with Crippen LogP contribution in [0.1, 0.15) is 31.6 Å². The smallest absolute Gasteiger partial charge is 0.134 e. The summed E-state index contributed by atoms with van der Waals surface area (Å²) in [5.74, 6) is 1.00. The standard InChI is InChI=1S/C14H16O/c1-4-10(2)9-13-11(3)15-14-8-6-5-7-12(13)14/h5-9H,4H2,1-3H3/b10-9-. The summed E-state index contributed by atoms with van der Waals surface area (Å²) in [7, 11) is 0. The predicted octanol–water partition coefficient (Wildman–Crippen LogP) is 4.55. The Bertz CT molecular complexity index is 503. The van der Waals surface area contributed by atoms with Crippen LogP contribution in [0, 0.1) is 6.92 Å². The second-order valence-electron chi connectivity index (χ2n) is 3.91. The van der Waals surface area contributed by atoms with E-state index in [2.05, 4.69) is 32.1 Å². The van der Waals surface area contributed by atoms with Crippen molar-refractivity contribution in [3.05, 3.63) is 41.2 Å². The fourth-order valence-electron chi connectivity index (χ4n) is 1.72. The first-order chi connectivity index (χ1) is 7.22. The number of benzene rings is 1. The summed E-state index contributed by atoms with van der Waals surface area (Å²) in [5, 5.41) is 1.21. The minimum absolute atomic E-state index is 0.977. The van der Waals surface area contributed by atoms with Crippen molar-refractivity contribution in [2.75, 3.05) is 0 Å². The highest BCUT2D eigenvalue weighted by atomic mass is 16.3. The van der Waals surface area contributed by atoms with Crippen molar-refractivity contribution >= 4 is 17.0 Å². The highest BCUT2D eigenvalue weighted by molar-refractivity contribution is 5.88. The molecular weight excluding hydrogens is 184 g/mol. The molecule has 1 aromatic carbocycles. The fraction of sp³-hybridized carbons (Fsp3) is 0.286. The first-order valence-electron chi connectivity index (χ1n) is 5.37. The van der Waals surface area contributed by atoms with Crippen molar-refractivity contribution in [1.29, 1.82) is 0 Å². The Hall–Kier alpha value is -1.50. The Labute approximate surface area is 90.4 Å². The molecule has 0 unspecified atom stereocenters. The van der Waals surface area contributed by atoms with E-state index in [0.717, 1.165) is 17.8 Å². The normalized spacial score (nSPS) is 12.3. The number of hydrogen-bond acceptors (Lipinski definition) is 1. The van der Waals surface area contributed by atoms with Gasteiger partial charge in [-0.3, -0.25) is 0 Å². The van der Waals surface area contributed by atoms with Crippen molar-refractivity contribution in [3.8, 4) is 0 Å². The van der Waals surface area contributed by atoms with Crippen molar-refractivity contribution < 1.29 is 4.42 Å². The maximum Gasteiger partial charge on any atom is 0.134 e. The zero-order chi connectivity index (χ0) is 10.8. The van der Waals surface area contributed by atoms with Gasteiger partial charge in [-0.1, -0.05) is 36.8 Å². The molecule has 0 saturated carbocycles. The van der Waals surface area contributed by atoms with Gasteiger partial charge in [0.15, 0.2) is 0 Å². The molecule has 0 aliphatic carbocycles. The summed E-state index contributed by atoms with van der Waals surface area (Å²) in [6.45, 7) is 6.35. The van der Waals surface area contributed by atoms with Crippen LogP contribution in [-0.4, -0.2) is 0 Å². The molecule has 0 amide bonds. The average Bonchev–Trinajstić information content (AvgIpc) is 2.55. The third-order valence-corrected chi connectivity index (χ3v) is 2.77.